The minimum Gasteiger partial charge on any atom is -0.469 e. The molecular formula is C20H28N2O3. The van der Waals surface area contributed by atoms with Gasteiger partial charge in [0.25, 0.3) is 0 Å². The van der Waals surface area contributed by atoms with Gasteiger partial charge in [0, 0.05) is 45.9 Å². The number of fused-ring (bicyclic) bond motifs is 1. The highest BCUT2D eigenvalue weighted by molar-refractivity contribution is 5.76. The minimum atomic E-state index is -0.0191. The molecule has 1 saturated carbocycles. The molecule has 136 valence electrons. The van der Waals surface area contributed by atoms with Gasteiger partial charge in [0.2, 0.25) is 0 Å². The van der Waals surface area contributed by atoms with Crippen LogP contribution in [0.2, 0.25) is 0 Å². The first kappa shape index (κ1) is 17.0. The molecule has 1 aromatic carbocycles. The van der Waals surface area contributed by atoms with Gasteiger partial charge < -0.3 is 14.4 Å². The number of ether oxygens (including phenoxy) is 2. The highest BCUT2D eigenvalue weighted by Gasteiger charge is 2.60. The third kappa shape index (κ3) is 3.89. The quantitative estimate of drug-likeness (QED) is 0.760. The Bertz CT molecular complexity index is 582. The summed E-state index contributed by atoms with van der Waals surface area (Å²) in [6, 6.07) is 10.7. The van der Waals surface area contributed by atoms with Gasteiger partial charge in [-0.15, -0.1) is 0 Å². The van der Waals surface area contributed by atoms with Gasteiger partial charge in [-0.1, -0.05) is 30.3 Å². The molecule has 3 aliphatic rings. The number of carbonyl (C=O) groups is 1. The molecule has 0 aromatic heterocycles. The molecule has 1 aliphatic carbocycles. The van der Waals surface area contributed by atoms with Crippen molar-refractivity contribution in [3.05, 3.63) is 35.9 Å². The van der Waals surface area contributed by atoms with E-state index in [0.29, 0.717) is 11.8 Å². The second kappa shape index (κ2) is 7.44. The van der Waals surface area contributed by atoms with Crippen LogP contribution in [0.15, 0.2) is 30.3 Å². The van der Waals surface area contributed by atoms with Crippen LogP contribution in [0, 0.1) is 17.8 Å². The van der Waals surface area contributed by atoms with Crippen molar-refractivity contribution in [2.24, 2.45) is 17.8 Å². The summed E-state index contributed by atoms with van der Waals surface area (Å²) in [4.78, 5) is 16.7. The summed E-state index contributed by atoms with van der Waals surface area (Å²) >= 11 is 0. The van der Waals surface area contributed by atoms with Crippen LogP contribution in [0.5, 0.6) is 0 Å². The van der Waals surface area contributed by atoms with Gasteiger partial charge in [-0.2, -0.15) is 0 Å². The topological polar surface area (TPSA) is 42.0 Å². The van der Waals surface area contributed by atoms with Crippen molar-refractivity contribution in [2.45, 2.75) is 19.1 Å². The Kier molecular flexibility index (Phi) is 5.06. The van der Waals surface area contributed by atoms with Gasteiger partial charge >= 0.3 is 5.97 Å². The number of methoxy groups -OCH3 is 1. The Morgan fingerprint density at radius 1 is 1.16 bits per heavy atom. The molecule has 4 atom stereocenters. The number of hydrogen-bond acceptors (Lipinski definition) is 5. The van der Waals surface area contributed by atoms with Crippen LogP contribution in [-0.2, 0) is 20.8 Å². The maximum Gasteiger partial charge on any atom is 0.309 e. The van der Waals surface area contributed by atoms with E-state index in [9.17, 15) is 4.79 Å². The van der Waals surface area contributed by atoms with Gasteiger partial charge in [-0.3, -0.25) is 9.69 Å². The lowest BCUT2D eigenvalue weighted by atomic mass is 10.2. The molecule has 2 saturated heterocycles. The Hall–Kier alpha value is -1.43. The minimum absolute atomic E-state index is 0.0191. The second-order valence-electron chi connectivity index (χ2n) is 7.66. The van der Waals surface area contributed by atoms with Crippen LogP contribution in [-0.4, -0.2) is 68.3 Å². The zero-order valence-corrected chi connectivity index (χ0v) is 15.0. The highest BCUT2D eigenvalue weighted by atomic mass is 16.5. The number of esters is 1. The van der Waals surface area contributed by atoms with Crippen molar-refractivity contribution >= 4 is 5.97 Å². The Morgan fingerprint density at radius 3 is 2.64 bits per heavy atom. The summed E-state index contributed by atoms with van der Waals surface area (Å²) in [5, 5.41) is 0. The molecule has 0 spiro atoms. The molecule has 2 aliphatic heterocycles. The maximum absolute atomic E-state index is 11.7. The fourth-order valence-corrected chi connectivity index (χ4v) is 4.60. The second-order valence-corrected chi connectivity index (χ2v) is 7.66. The van der Waals surface area contributed by atoms with Crippen molar-refractivity contribution in [1.82, 2.24) is 9.80 Å². The number of rotatable bonds is 5. The smallest absolute Gasteiger partial charge is 0.309 e. The normalized spacial score (nSPS) is 32.8. The number of piperidine rings is 1. The highest BCUT2D eigenvalue weighted by Crippen LogP contribution is 2.52. The third-order valence-corrected chi connectivity index (χ3v) is 5.89. The third-order valence-electron chi connectivity index (χ3n) is 5.89. The molecule has 4 rings (SSSR count). The molecular weight excluding hydrogens is 316 g/mol. The standard InChI is InChI=1S/C20H28N2O3/c1-24-20(23)19-17-13-22(14-18(17)19)12-16-11-21(8-5-9-25-16)10-15-6-3-2-4-7-15/h2-4,6-7,16-19H,5,8-14H2,1H3/t16?,17-,18+,19?. The van der Waals surface area contributed by atoms with E-state index in [0.717, 1.165) is 52.3 Å². The summed E-state index contributed by atoms with van der Waals surface area (Å²) in [6.45, 7) is 6.94. The van der Waals surface area contributed by atoms with Crippen LogP contribution in [0.1, 0.15) is 12.0 Å². The maximum atomic E-state index is 11.7. The average molecular weight is 344 g/mol. The van der Waals surface area contributed by atoms with Crippen LogP contribution in [0.3, 0.4) is 0 Å². The predicted octanol–water partition coefficient (Wildman–Crippen LogP) is 1.63. The van der Waals surface area contributed by atoms with Gasteiger partial charge in [0.1, 0.15) is 0 Å². The van der Waals surface area contributed by atoms with Crippen molar-refractivity contribution in [3.8, 4) is 0 Å². The van der Waals surface area contributed by atoms with E-state index in [1.54, 1.807) is 0 Å². The molecule has 5 heteroatoms. The predicted molar refractivity (Wildman–Crippen MR) is 95.0 cm³/mol. The van der Waals surface area contributed by atoms with Crippen molar-refractivity contribution in [1.29, 1.82) is 0 Å². The number of likely N-dealkylation sites (tertiary alicyclic amines) is 1. The fourth-order valence-electron chi connectivity index (χ4n) is 4.60. The van der Waals surface area contributed by atoms with E-state index < -0.39 is 0 Å². The van der Waals surface area contributed by atoms with Crippen LogP contribution in [0.25, 0.3) is 0 Å². The molecule has 2 heterocycles. The van der Waals surface area contributed by atoms with Crippen molar-refractivity contribution < 1.29 is 14.3 Å². The van der Waals surface area contributed by atoms with Gasteiger partial charge in [-0.05, 0) is 23.8 Å². The summed E-state index contributed by atoms with van der Waals surface area (Å²) < 4.78 is 11.0. The van der Waals surface area contributed by atoms with Gasteiger partial charge in [0.05, 0.1) is 19.1 Å². The first-order chi connectivity index (χ1) is 12.2. The zero-order chi connectivity index (χ0) is 17.2. The van der Waals surface area contributed by atoms with E-state index in [1.807, 2.05) is 0 Å². The van der Waals surface area contributed by atoms with E-state index in [-0.39, 0.29) is 18.0 Å². The first-order valence-electron chi connectivity index (χ1n) is 9.42. The largest absolute Gasteiger partial charge is 0.469 e. The molecule has 3 fully saturated rings. The fraction of sp³-hybridized carbons (Fsp3) is 0.650. The Balaban J connectivity index is 1.27. The van der Waals surface area contributed by atoms with E-state index in [4.69, 9.17) is 9.47 Å². The molecule has 5 nitrogen and oxygen atoms in total. The SMILES string of the molecule is COC(=O)C1[C@H]2CN(CC3CN(Cc4ccccc4)CCCO3)C[C@@H]12. The van der Waals surface area contributed by atoms with Gasteiger partial charge in [0.15, 0.2) is 0 Å². The van der Waals surface area contributed by atoms with E-state index in [1.165, 1.54) is 12.7 Å². The molecule has 0 amide bonds. The molecule has 25 heavy (non-hydrogen) atoms. The number of carbonyl (C=O) groups excluding carboxylic acids is 1. The van der Waals surface area contributed by atoms with Crippen molar-refractivity contribution in [3.63, 3.8) is 0 Å². The Morgan fingerprint density at radius 2 is 1.92 bits per heavy atom. The van der Waals surface area contributed by atoms with Crippen LogP contribution in [0.4, 0.5) is 0 Å². The number of benzene rings is 1. The van der Waals surface area contributed by atoms with Crippen LogP contribution < -0.4 is 0 Å². The monoisotopic (exact) mass is 344 g/mol. The number of nitrogens with zero attached hydrogens (tertiary/aromatic N) is 2. The summed E-state index contributed by atoms with van der Waals surface area (Å²) in [5.74, 6) is 1.16. The zero-order valence-electron chi connectivity index (χ0n) is 15.0. The lowest BCUT2D eigenvalue weighted by Gasteiger charge is -2.28. The summed E-state index contributed by atoms with van der Waals surface area (Å²) in [5.41, 5.74) is 1.37. The lowest BCUT2D eigenvalue weighted by Crippen LogP contribution is -2.40. The molecule has 0 radical (unpaired) electrons. The number of hydrogen-bond donors (Lipinski definition) is 0. The Labute approximate surface area is 149 Å². The first-order valence-corrected chi connectivity index (χ1v) is 9.42. The van der Waals surface area contributed by atoms with E-state index >= 15 is 0 Å². The molecule has 1 aromatic rings. The van der Waals surface area contributed by atoms with Crippen LogP contribution >= 0.6 is 0 Å². The summed E-state index contributed by atoms with van der Waals surface area (Å²) in [7, 11) is 1.49. The lowest BCUT2D eigenvalue weighted by molar-refractivity contribution is -0.143. The van der Waals surface area contributed by atoms with Gasteiger partial charge in [-0.25, -0.2) is 0 Å². The molecule has 2 unspecified atom stereocenters. The summed E-state index contributed by atoms with van der Waals surface area (Å²) in [6.07, 6.45) is 1.36. The van der Waals surface area contributed by atoms with Crippen molar-refractivity contribution in [2.75, 3.05) is 46.4 Å². The molecule has 0 N–H and O–H groups in total. The average Bonchev–Trinajstić information content (AvgIpc) is 3.22. The van der Waals surface area contributed by atoms with E-state index in [2.05, 4.69) is 40.1 Å². The molecule has 0 bridgehead atoms.